The minimum absolute atomic E-state index is 0.633. The zero-order valence-corrected chi connectivity index (χ0v) is 12.4. The monoisotopic (exact) mass is 282 g/mol. The highest BCUT2D eigenvalue weighted by Crippen LogP contribution is 2.29. The molecule has 2 rings (SSSR count). The van der Waals surface area contributed by atoms with Crippen molar-refractivity contribution in [3.05, 3.63) is 11.1 Å². The van der Waals surface area contributed by atoms with Crippen molar-refractivity contribution in [2.45, 2.75) is 51.4 Å². The Balaban J connectivity index is 1.85. The summed E-state index contributed by atoms with van der Waals surface area (Å²) in [6.45, 7) is 4.31. The third-order valence-corrected chi connectivity index (χ3v) is 4.78. The molecule has 1 aliphatic carbocycles. The molecule has 1 aromatic heterocycles. The first-order chi connectivity index (χ1) is 9.00. The standard InChI is InChI=1S/C14H22N2O2S/c1-14(2,12(17)18)11-9-19-13(16-11)15-8-7-10-5-3-4-6-10/h9-10H,3-8H2,1-2H3,(H,15,16)(H,17,18). The van der Waals surface area contributed by atoms with E-state index in [1.54, 1.807) is 13.8 Å². The number of aliphatic carboxylic acids is 1. The Kier molecular flexibility index (Phi) is 4.45. The van der Waals surface area contributed by atoms with Crippen LogP contribution in [0.1, 0.15) is 51.6 Å². The molecule has 1 fully saturated rings. The number of nitrogens with zero attached hydrogens (tertiary/aromatic N) is 1. The predicted molar refractivity (Wildman–Crippen MR) is 77.8 cm³/mol. The van der Waals surface area contributed by atoms with Crippen LogP contribution in [-0.4, -0.2) is 22.6 Å². The van der Waals surface area contributed by atoms with Gasteiger partial charge in [-0.1, -0.05) is 25.7 Å². The Morgan fingerprint density at radius 2 is 2.21 bits per heavy atom. The number of aromatic nitrogens is 1. The zero-order valence-electron chi connectivity index (χ0n) is 11.6. The number of rotatable bonds is 6. The number of anilines is 1. The summed E-state index contributed by atoms with van der Waals surface area (Å²) in [6, 6.07) is 0. The van der Waals surface area contributed by atoms with Crippen LogP contribution in [0.3, 0.4) is 0 Å². The summed E-state index contributed by atoms with van der Waals surface area (Å²) in [6.07, 6.45) is 6.66. The lowest BCUT2D eigenvalue weighted by Gasteiger charge is -2.15. The van der Waals surface area contributed by atoms with E-state index in [1.165, 1.54) is 43.4 Å². The summed E-state index contributed by atoms with van der Waals surface area (Å²) < 4.78 is 0. The highest BCUT2D eigenvalue weighted by Gasteiger charge is 2.32. The van der Waals surface area contributed by atoms with Crippen molar-refractivity contribution in [2.75, 3.05) is 11.9 Å². The van der Waals surface area contributed by atoms with E-state index in [1.807, 2.05) is 5.38 Å². The first-order valence-corrected chi connectivity index (χ1v) is 7.81. The second-order valence-electron chi connectivity index (χ2n) is 5.83. The number of carbonyl (C=O) groups is 1. The first kappa shape index (κ1) is 14.3. The average Bonchev–Trinajstić information content (AvgIpc) is 2.99. The molecule has 19 heavy (non-hydrogen) atoms. The van der Waals surface area contributed by atoms with Gasteiger partial charge in [-0.3, -0.25) is 4.79 Å². The van der Waals surface area contributed by atoms with Crippen LogP contribution in [0.4, 0.5) is 5.13 Å². The van der Waals surface area contributed by atoms with Crippen molar-refractivity contribution in [2.24, 2.45) is 5.92 Å². The van der Waals surface area contributed by atoms with Crippen molar-refractivity contribution < 1.29 is 9.90 Å². The Bertz CT molecular complexity index is 436. The minimum Gasteiger partial charge on any atom is -0.481 e. The van der Waals surface area contributed by atoms with Gasteiger partial charge in [-0.05, 0) is 26.2 Å². The molecule has 0 atom stereocenters. The van der Waals surface area contributed by atoms with Gasteiger partial charge in [0.1, 0.15) is 5.41 Å². The maximum Gasteiger partial charge on any atom is 0.315 e. The lowest BCUT2D eigenvalue weighted by atomic mass is 9.90. The second kappa shape index (κ2) is 5.90. The number of hydrogen-bond donors (Lipinski definition) is 2. The van der Waals surface area contributed by atoms with Gasteiger partial charge in [-0.25, -0.2) is 4.98 Å². The number of thiazole rings is 1. The van der Waals surface area contributed by atoms with Gasteiger partial charge < -0.3 is 10.4 Å². The Morgan fingerprint density at radius 1 is 1.53 bits per heavy atom. The molecule has 0 spiro atoms. The lowest BCUT2D eigenvalue weighted by Crippen LogP contribution is -2.28. The van der Waals surface area contributed by atoms with E-state index in [0.29, 0.717) is 5.69 Å². The van der Waals surface area contributed by atoms with Crippen LogP contribution in [0.15, 0.2) is 5.38 Å². The van der Waals surface area contributed by atoms with Crippen LogP contribution in [0.25, 0.3) is 0 Å². The molecule has 0 radical (unpaired) electrons. The maximum atomic E-state index is 11.2. The van der Waals surface area contributed by atoms with E-state index in [0.717, 1.165) is 17.6 Å². The third kappa shape index (κ3) is 3.47. The van der Waals surface area contributed by atoms with Crippen molar-refractivity contribution in [1.82, 2.24) is 4.98 Å². The van der Waals surface area contributed by atoms with Crippen LogP contribution < -0.4 is 5.32 Å². The van der Waals surface area contributed by atoms with E-state index in [-0.39, 0.29) is 0 Å². The molecule has 5 heteroatoms. The van der Waals surface area contributed by atoms with Crippen molar-refractivity contribution >= 4 is 22.4 Å². The molecule has 0 aromatic carbocycles. The van der Waals surface area contributed by atoms with Crippen molar-refractivity contribution in [3.8, 4) is 0 Å². The van der Waals surface area contributed by atoms with Gasteiger partial charge in [-0.15, -0.1) is 11.3 Å². The molecular formula is C14H22N2O2S. The quantitative estimate of drug-likeness (QED) is 0.838. The molecule has 1 heterocycles. The smallest absolute Gasteiger partial charge is 0.315 e. The van der Waals surface area contributed by atoms with Gasteiger partial charge in [0, 0.05) is 11.9 Å². The van der Waals surface area contributed by atoms with Crippen LogP contribution in [0, 0.1) is 5.92 Å². The number of carboxylic acids is 1. The highest BCUT2D eigenvalue weighted by molar-refractivity contribution is 7.13. The normalized spacial score (nSPS) is 16.7. The summed E-state index contributed by atoms with van der Waals surface area (Å²) in [5.41, 5.74) is -0.282. The molecule has 0 bridgehead atoms. The van der Waals surface area contributed by atoms with Crippen LogP contribution in [-0.2, 0) is 10.2 Å². The van der Waals surface area contributed by atoms with Crippen molar-refractivity contribution in [3.63, 3.8) is 0 Å². The average molecular weight is 282 g/mol. The van der Waals surface area contributed by atoms with Gasteiger partial charge in [-0.2, -0.15) is 0 Å². The molecule has 106 valence electrons. The molecule has 0 saturated heterocycles. The largest absolute Gasteiger partial charge is 0.481 e. The maximum absolute atomic E-state index is 11.2. The number of nitrogens with one attached hydrogen (secondary N) is 1. The number of carboxylic acid groups (broad SMARTS) is 1. The fraction of sp³-hybridized carbons (Fsp3) is 0.714. The van der Waals surface area contributed by atoms with E-state index in [9.17, 15) is 4.79 Å². The molecule has 2 N–H and O–H groups in total. The minimum atomic E-state index is -0.915. The van der Waals surface area contributed by atoms with E-state index in [4.69, 9.17) is 5.11 Å². The highest BCUT2D eigenvalue weighted by atomic mass is 32.1. The summed E-state index contributed by atoms with van der Waals surface area (Å²) in [5.74, 6) is 0.0256. The van der Waals surface area contributed by atoms with Gasteiger partial charge in [0.05, 0.1) is 5.69 Å². The molecule has 1 aromatic rings. The fourth-order valence-corrected chi connectivity index (χ4v) is 3.34. The van der Waals surface area contributed by atoms with Gasteiger partial charge in [0.2, 0.25) is 0 Å². The summed E-state index contributed by atoms with van der Waals surface area (Å²) in [5, 5.41) is 15.2. The molecular weight excluding hydrogens is 260 g/mol. The van der Waals surface area contributed by atoms with E-state index < -0.39 is 11.4 Å². The first-order valence-electron chi connectivity index (χ1n) is 6.93. The Hall–Kier alpha value is -1.10. The van der Waals surface area contributed by atoms with E-state index >= 15 is 0 Å². The third-order valence-electron chi connectivity index (χ3n) is 3.98. The predicted octanol–water partition coefficient (Wildman–Crippen LogP) is 3.50. The second-order valence-corrected chi connectivity index (χ2v) is 6.69. The van der Waals surface area contributed by atoms with E-state index in [2.05, 4.69) is 10.3 Å². The SMILES string of the molecule is CC(C)(C(=O)O)c1csc(NCCC2CCCC2)n1. The molecule has 4 nitrogen and oxygen atoms in total. The summed E-state index contributed by atoms with van der Waals surface area (Å²) >= 11 is 1.49. The molecule has 0 aliphatic heterocycles. The van der Waals surface area contributed by atoms with Crippen LogP contribution >= 0.6 is 11.3 Å². The Labute approximate surface area is 118 Å². The van der Waals surface area contributed by atoms with Crippen LogP contribution in [0.2, 0.25) is 0 Å². The fourth-order valence-electron chi connectivity index (χ4n) is 2.43. The van der Waals surface area contributed by atoms with Gasteiger partial charge in [0.25, 0.3) is 0 Å². The molecule has 0 unspecified atom stereocenters. The number of hydrogen-bond acceptors (Lipinski definition) is 4. The van der Waals surface area contributed by atoms with Gasteiger partial charge in [0.15, 0.2) is 5.13 Å². The topological polar surface area (TPSA) is 62.2 Å². The zero-order chi connectivity index (χ0) is 13.9. The summed E-state index contributed by atoms with van der Waals surface area (Å²) in [4.78, 5) is 15.6. The van der Waals surface area contributed by atoms with Crippen LogP contribution in [0.5, 0.6) is 0 Å². The van der Waals surface area contributed by atoms with Gasteiger partial charge >= 0.3 is 5.97 Å². The molecule has 1 aliphatic rings. The van der Waals surface area contributed by atoms with Crippen molar-refractivity contribution in [1.29, 1.82) is 0 Å². The molecule has 1 saturated carbocycles. The Morgan fingerprint density at radius 3 is 2.84 bits per heavy atom. The molecule has 0 amide bonds. The lowest BCUT2D eigenvalue weighted by molar-refractivity contribution is -0.142. The summed E-state index contributed by atoms with van der Waals surface area (Å²) in [7, 11) is 0.